The van der Waals surface area contributed by atoms with E-state index in [1.54, 1.807) is 19.2 Å². The van der Waals surface area contributed by atoms with Crippen LogP contribution in [0.15, 0.2) is 53.5 Å². The number of hydrogen-bond acceptors (Lipinski definition) is 9. The second kappa shape index (κ2) is 17.8. The molecule has 6 heterocycles. The number of anilines is 1. The average Bonchev–Trinajstić information content (AvgIpc) is 3.84. The van der Waals surface area contributed by atoms with E-state index >= 15 is 4.39 Å². The minimum atomic E-state index is -1.40. The van der Waals surface area contributed by atoms with Gasteiger partial charge in [0.25, 0.3) is 0 Å². The summed E-state index contributed by atoms with van der Waals surface area (Å²) in [6, 6.07) is 10.3. The number of carbonyl (C=O) groups excluding carboxylic acids is 5. The van der Waals surface area contributed by atoms with E-state index < -0.39 is 58.7 Å². The number of benzene rings is 2. The van der Waals surface area contributed by atoms with Gasteiger partial charge in [0.05, 0.1) is 29.7 Å². The largest absolute Gasteiger partial charge is 0.366 e. The van der Waals surface area contributed by atoms with Crippen molar-refractivity contribution in [3.05, 3.63) is 91.8 Å². The van der Waals surface area contributed by atoms with Crippen LogP contribution in [-0.4, -0.2) is 80.5 Å². The van der Waals surface area contributed by atoms with Gasteiger partial charge >= 0.3 is 5.69 Å². The fourth-order valence-corrected chi connectivity index (χ4v) is 11.8. The minimum absolute atomic E-state index is 0.00554. The van der Waals surface area contributed by atoms with Crippen molar-refractivity contribution in [1.29, 1.82) is 0 Å². The van der Waals surface area contributed by atoms with Crippen molar-refractivity contribution in [3.63, 3.8) is 0 Å². The molecule has 4 aliphatic heterocycles. The van der Waals surface area contributed by atoms with Crippen LogP contribution >= 0.6 is 23.2 Å². The number of ether oxygens (including phenoxy) is 1. The van der Waals surface area contributed by atoms with Gasteiger partial charge in [-0.15, -0.1) is 0 Å². The monoisotopic (exact) mass is 944 g/mol. The number of unbranched alkanes of at least 4 members (excludes halogenated alkanes) is 2. The molecule has 5 N–H and O–H groups in total. The second-order valence-corrected chi connectivity index (χ2v) is 20.3. The number of nitrogens with zero attached hydrogens (tertiary/aromatic N) is 3. The van der Waals surface area contributed by atoms with E-state index in [1.165, 1.54) is 21.4 Å². The molecule has 5 aliphatic rings. The highest BCUT2D eigenvalue weighted by molar-refractivity contribution is 6.31. The lowest BCUT2D eigenvalue weighted by Gasteiger charge is -2.50. The van der Waals surface area contributed by atoms with Gasteiger partial charge in [-0.3, -0.25) is 43.7 Å². The van der Waals surface area contributed by atoms with Gasteiger partial charge in [-0.2, -0.15) is 0 Å². The molecule has 6 atom stereocenters. The maximum absolute atomic E-state index is 16.3. The standard InChI is InChI=1S/C48H55Cl2FN8O7/c1-46(2)17-19-47(20-18-46)48(30-11-9-27(49)24-31(30)55-44(48)64)37(29-16-22-52-40(50)38(29)51)39(57-47)43(63)54-28-10-14-35(66-25-28)42(62)53-21-6-4-5-7-26-8-12-32-34(23-26)58(3)45(65)59(32)33-13-15-36(60)56-41(33)61/h8-9,11-12,16,22-24,28,33,35,37,39,57H,4-7,10,13-15,17-21,25H2,1-3H3,(H,53,62)(H,54,63)(H,55,64)(H,56,60,61)/t28?,33?,35-,37-,39+,48+/m0/s1. The van der Waals surface area contributed by atoms with Crippen LogP contribution in [-0.2, 0) is 47.6 Å². The lowest BCUT2D eigenvalue weighted by atomic mass is 9.53. The van der Waals surface area contributed by atoms with Gasteiger partial charge < -0.3 is 20.7 Å². The number of nitrogens with one attached hydrogen (secondary N) is 5. The van der Waals surface area contributed by atoms with Crippen molar-refractivity contribution < 1.29 is 33.1 Å². The van der Waals surface area contributed by atoms with E-state index in [-0.39, 0.29) is 59.0 Å². The highest BCUT2D eigenvalue weighted by Crippen LogP contribution is 2.64. The number of imidazole rings is 1. The summed E-state index contributed by atoms with van der Waals surface area (Å²) < 4.78 is 25.3. The molecule has 2 aromatic carbocycles. The third-order valence-corrected chi connectivity index (χ3v) is 15.5. The zero-order chi connectivity index (χ0) is 46.7. The molecule has 2 aromatic heterocycles. The summed E-state index contributed by atoms with van der Waals surface area (Å²) in [7, 11) is 1.68. The molecule has 15 nitrogen and oxygen atoms in total. The molecule has 66 heavy (non-hydrogen) atoms. The predicted molar refractivity (Wildman–Crippen MR) is 246 cm³/mol. The number of carbonyl (C=O) groups is 5. The number of imide groups is 1. The van der Waals surface area contributed by atoms with E-state index in [1.807, 2.05) is 24.3 Å². The third kappa shape index (κ3) is 8.00. The van der Waals surface area contributed by atoms with E-state index in [0.717, 1.165) is 49.6 Å². The smallest absolute Gasteiger partial charge is 0.329 e. The molecule has 0 radical (unpaired) electrons. The lowest BCUT2D eigenvalue weighted by molar-refractivity contribution is -0.138. The Kier molecular flexibility index (Phi) is 12.4. The normalized spacial score (nSPS) is 26.6. The Hall–Kier alpha value is -5.16. The number of hydrogen-bond donors (Lipinski definition) is 5. The van der Waals surface area contributed by atoms with Crippen molar-refractivity contribution in [1.82, 2.24) is 35.4 Å². The van der Waals surface area contributed by atoms with Crippen LogP contribution in [0.5, 0.6) is 0 Å². The van der Waals surface area contributed by atoms with Crippen molar-refractivity contribution in [2.24, 2.45) is 12.5 Å². The van der Waals surface area contributed by atoms with Gasteiger partial charge in [0.15, 0.2) is 11.0 Å². The first-order valence-electron chi connectivity index (χ1n) is 23.0. The molecule has 4 fully saturated rings. The summed E-state index contributed by atoms with van der Waals surface area (Å²) >= 11 is 12.7. The van der Waals surface area contributed by atoms with Crippen molar-refractivity contribution in [2.45, 2.75) is 132 Å². The summed E-state index contributed by atoms with van der Waals surface area (Å²) in [5.74, 6) is -3.55. The second-order valence-electron chi connectivity index (χ2n) is 19.5. The molecule has 3 saturated heterocycles. The summed E-state index contributed by atoms with van der Waals surface area (Å²) in [5, 5.41) is 15.3. The van der Waals surface area contributed by atoms with Crippen molar-refractivity contribution in [3.8, 4) is 0 Å². The van der Waals surface area contributed by atoms with Crippen LogP contribution in [0.4, 0.5) is 10.1 Å². The Morgan fingerprint density at radius 2 is 1.71 bits per heavy atom. The molecule has 350 valence electrons. The van der Waals surface area contributed by atoms with Gasteiger partial charge in [-0.25, -0.2) is 14.2 Å². The first-order valence-corrected chi connectivity index (χ1v) is 23.7. The molecule has 4 aromatic rings. The Morgan fingerprint density at radius 1 is 0.924 bits per heavy atom. The molecule has 5 amide bonds. The van der Waals surface area contributed by atoms with Crippen LogP contribution < -0.4 is 32.3 Å². The van der Waals surface area contributed by atoms with Crippen molar-refractivity contribution in [2.75, 3.05) is 18.5 Å². The molecule has 18 heteroatoms. The topological polar surface area (TPSA) is 195 Å². The molecule has 1 saturated carbocycles. The van der Waals surface area contributed by atoms with E-state index in [9.17, 15) is 28.8 Å². The highest BCUT2D eigenvalue weighted by Gasteiger charge is 2.73. The first kappa shape index (κ1) is 46.0. The Balaban J connectivity index is 0.809. The molecule has 0 bridgehead atoms. The third-order valence-electron chi connectivity index (χ3n) is 15.0. The van der Waals surface area contributed by atoms with E-state index in [4.69, 9.17) is 27.9 Å². The molecular formula is C48H55Cl2FN8O7. The quantitative estimate of drug-likeness (QED) is 0.0720. The zero-order valence-electron chi connectivity index (χ0n) is 37.2. The van der Waals surface area contributed by atoms with Gasteiger partial charge in [0.2, 0.25) is 29.5 Å². The van der Waals surface area contributed by atoms with Gasteiger partial charge in [0, 0.05) is 48.4 Å². The highest BCUT2D eigenvalue weighted by atomic mass is 35.5. The molecule has 2 unspecified atom stereocenters. The van der Waals surface area contributed by atoms with Crippen LogP contribution in [0, 0.1) is 11.2 Å². The number of piperidine rings is 1. The number of aromatic nitrogens is 3. The fourth-order valence-electron chi connectivity index (χ4n) is 11.4. The maximum atomic E-state index is 16.3. The summed E-state index contributed by atoms with van der Waals surface area (Å²) in [6.45, 7) is 4.94. The zero-order valence-corrected chi connectivity index (χ0v) is 38.8. The van der Waals surface area contributed by atoms with Gasteiger partial charge in [-0.05, 0) is 117 Å². The number of halogens is 3. The Morgan fingerprint density at radius 3 is 2.45 bits per heavy atom. The lowest BCUT2D eigenvalue weighted by Crippen LogP contribution is -2.61. The van der Waals surface area contributed by atoms with Crippen LogP contribution in [0.3, 0.4) is 0 Å². The first-order chi connectivity index (χ1) is 31.5. The summed E-state index contributed by atoms with van der Waals surface area (Å²) in [5.41, 5.74) is 1.08. The maximum Gasteiger partial charge on any atom is 0.329 e. The van der Waals surface area contributed by atoms with Crippen molar-refractivity contribution >= 4 is 69.5 Å². The average molecular weight is 946 g/mol. The number of fused-ring (bicyclic) bond motifs is 4. The van der Waals surface area contributed by atoms with E-state index in [2.05, 4.69) is 45.4 Å². The summed E-state index contributed by atoms with van der Waals surface area (Å²) in [6.07, 6.45) is 7.89. The van der Waals surface area contributed by atoms with E-state index in [0.29, 0.717) is 54.0 Å². The Labute approximate surface area is 391 Å². The number of aryl methyl sites for hydroxylation is 2. The fraction of sp³-hybridized carbons (Fsp3) is 0.521. The number of amides is 5. The SMILES string of the molecule is Cn1c(=O)n(C2CCC(=O)NC2=O)c2ccc(CCCCCNC(=O)[C@@H]3CCC(NC(=O)[C@@H]4NC5(CCC(C)(C)CC5)[C@@]5(C(=O)Nc6cc(Cl)ccc65)[C@H]4c4ccnc(Cl)c4F)CO3)cc21. The van der Waals surface area contributed by atoms with Crippen LogP contribution in [0.25, 0.3) is 11.0 Å². The van der Waals surface area contributed by atoms with Gasteiger partial charge in [0.1, 0.15) is 17.6 Å². The summed E-state index contributed by atoms with van der Waals surface area (Å²) in [4.78, 5) is 84.0. The molecule has 1 aliphatic carbocycles. The molecule has 2 spiro atoms. The minimum Gasteiger partial charge on any atom is -0.366 e. The van der Waals surface area contributed by atoms with Crippen LogP contribution in [0.2, 0.25) is 10.2 Å². The Bertz CT molecular complexity index is 2690. The van der Waals surface area contributed by atoms with Crippen LogP contribution in [0.1, 0.15) is 113 Å². The van der Waals surface area contributed by atoms with Gasteiger partial charge in [-0.1, -0.05) is 55.6 Å². The number of pyridine rings is 1. The molecular weight excluding hydrogens is 890 g/mol. The number of rotatable bonds is 11. The molecule has 9 rings (SSSR count). The predicted octanol–water partition coefficient (Wildman–Crippen LogP) is 5.64.